The lowest BCUT2D eigenvalue weighted by Crippen LogP contribution is -2.31. The van der Waals surface area contributed by atoms with Gasteiger partial charge in [-0.15, -0.1) is 0 Å². The van der Waals surface area contributed by atoms with E-state index in [1.807, 2.05) is 44.2 Å². The van der Waals surface area contributed by atoms with E-state index in [0.29, 0.717) is 6.61 Å². The van der Waals surface area contributed by atoms with E-state index >= 15 is 0 Å². The first-order valence-corrected chi connectivity index (χ1v) is 5.86. The SMILES string of the molecule is CC(C)OC(=O)N1OCCC1c1ccccc1. The normalized spacial score (nSPS) is 19.7. The molecule has 1 fully saturated rings. The van der Waals surface area contributed by atoms with E-state index in [-0.39, 0.29) is 12.1 Å². The molecule has 1 amide bonds. The molecule has 1 aromatic rings. The van der Waals surface area contributed by atoms with Crippen LogP contribution in [0.1, 0.15) is 31.9 Å². The van der Waals surface area contributed by atoms with Crippen molar-refractivity contribution in [2.45, 2.75) is 32.4 Å². The van der Waals surface area contributed by atoms with Crippen molar-refractivity contribution in [2.75, 3.05) is 6.61 Å². The summed E-state index contributed by atoms with van der Waals surface area (Å²) in [5, 5.41) is 1.34. The first kappa shape index (κ1) is 11.9. The summed E-state index contributed by atoms with van der Waals surface area (Å²) >= 11 is 0. The number of benzene rings is 1. The second-order valence-electron chi connectivity index (χ2n) is 4.31. The van der Waals surface area contributed by atoms with E-state index < -0.39 is 6.09 Å². The molecule has 2 rings (SSSR count). The number of amides is 1. The molecule has 17 heavy (non-hydrogen) atoms. The molecule has 4 heteroatoms. The minimum absolute atomic E-state index is 0.0394. The zero-order valence-corrected chi connectivity index (χ0v) is 10.1. The number of nitrogens with zero attached hydrogens (tertiary/aromatic N) is 1. The van der Waals surface area contributed by atoms with Gasteiger partial charge in [0, 0.05) is 6.42 Å². The van der Waals surface area contributed by atoms with Crippen LogP contribution in [0.15, 0.2) is 30.3 Å². The van der Waals surface area contributed by atoms with Gasteiger partial charge in [-0.05, 0) is 19.4 Å². The molecule has 0 spiro atoms. The molecular weight excluding hydrogens is 218 g/mol. The summed E-state index contributed by atoms with van der Waals surface area (Å²) in [7, 11) is 0. The summed E-state index contributed by atoms with van der Waals surface area (Å²) in [6.07, 6.45) is 0.256. The molecule has 1 heterocycles. The van der Waals surface area contributed by atoms with Gasteiger partial charge in [0.25, 0.3) is 0 Å². The zero-order valence-electron chi connectivity index (χ0n) is 10.1. The molecule has 0 radical (unpaired) electrons. The van der Waals surface area contributed by atoms with Crippen LogP contribution < -0.4 is 0 Å². The lowest BCUT2D eigenvalue weighted by molar-refractivity contribution is -0.116. The number of hydroxylamine groups is 2. The highest BCUT2D eigenvalue weighted by molar-refractivity contribution is 5.67. The van der Waals surface area contributed by atoms with Crippen molar-refractivity contribution in [1.29, 1.82) is 0 Å². The molecule has 0 N–H and O–H groups in total. The van der Waals surface area contributed by atoms with Gasteiger partial charge >= 0.3 is 6.09 Å². The van der Waals surface area contributed by atoms with E-state index in [2.05, 4.69) is 0 Å². The third kappa shape index (κ3) is 2.77. The summed E-state index contributed by atoms with van der Waals surface area (Å²) in [6.45, 7) is 4.20. The number of rotatable bonds is 2. The van der Waals surface area contributed by atoms with Crippen LogP contribution in [-0.4, -0.2) is 23.9 Å². The molecular formula is C13H17NO3. The minimum Gasteiger partial charge on any atom is -0.445 e. The van der Waals surface area contributed by atoms with Gasteiger partial charge in [-0.2, -0.15) is 5.06 Å². The fourth-order valence-corrected chi connectivity index (χ4v) is 1.88. The maximum atomic E-state index is 11.8. The van der Waals surface area contributed by atoms with Gasteiger partial charge in [-0.3, -0.25) is 4.84 Å². The average Bonchev–Trinajstić information content (AvgIpc) is 2.78. The van der Waals surface area contributed by atoms with Gasteiger partial charge in [0.1, 0.15) is 0 Å². The van der Waals surface area contributed by atoms with Gasteiger partial charge in [-0.25, -0.2) is 4.79 Å². The predicted octanol–water partition coefficient (Wildman–Crippen LogP) is 2.91. The standard InChI is InChI=1S/C13H17NO3/c1-10(2)17-13(15)14-12(8-9-16-14)11-6-4-3-5-7-11/h3-7,10,12H,8-9H2,1-2H3. The Morgan fingerprint density at radius 3 is 2.76 bits per heavy atom. The Bertz CT molecular complexity index is 378. The molecule has 1 aliphatic rings. The van der Waals surface area contributed by atoms with Crippen LogP contribution in [0.5, 0.6) is 0 Å². The third-order valence-electron chi connectivity index (χ3n) is 2.61. The fourth-order valence-electron chi connectivity index (χ4n) is 1.88. The van der Waals surface area contributed by atoms with E-state index in [4.69, 9.17) is 9.57 Å². The number of ether oxygens (including phenoxy) is 1. The molecule has 1 aromatic carbocycles. The Morgan fingerprint density at radius 1 is 1.41 bits per heavy atom. The summed E-state index contributed by atoms with van der Waals surface area (Å²) < 4.78 is 5.15. The fraction of sp³-hybridized carbons (Fsp3) is 0.462. The monoisotopic (exact) mass is 235 g/mol. The van der Waals surface area contributed by atoms with Crippen molar-refractivity contribution in [3.8, 4) is 0 Å². The molecule has 1 unspecified atom stereocenters. The van der Waals surface area contributed by atoms with Gasteiger partial charge < -0.3 is 4.74 Å². The van der Waals surface area contributed by atoms with Gasteiger partial charge in [-0.1, -0.05) is 30.3 Å². The van der Waals surface area contributed by atoms with Crippen LogP contribution in [0.4, 0.5) is 4.79 Å². The van der Waals surface area contributed by atoms with Crippen molar-refractivity contribution in [2.24, 2.45) is 0 Å². The topological polar surface area (TPSA) is 38.8 Å². The van der Waals surface area contributed by atoms with Crippen LogP contribution in [0.2, 0.25) is 0 Å². The maximum Gasteiger partial charge on any atom is 0.434 e. The first-order valence-electron chi connectivity index (χ1n) is 5.86. The lowest BCUT2D eigenvalue weighted by Gasteiger charge is -2.23. The molecule has 92 valence electrons. The predicted molar refractivity (Wildman–Crippen MR) is 63.2 cm³/mol. The average molecular weight is 235 g/mol. The highest BCUT2D eigenvalue weighted by Gasteiger charge is 2.33. The third-order valence-corrected chi connectivity index (χ3v) is 2.61. The van der Waals surface area contributed by atoms with Crippen LogP contribution in [0.25, 0.3) is 0 Å². The molecule has 1 aliphatic heterocycles. The molecule has 1 saturated heterocycles. The Balaban J connectivity index is 2.10. The highest BCUT2D eigenvalue weighted by Crippen LogP contribution is 2.30. The van der Waals surface area contributed by atoms with Gasteiger partial charge in [0.15, 0.2) is 0 Å². The van der Waals surface area contributed by atoms with Gasteiger partial charge in [0.05, 0.1) is 18.8 Å². The molecule has 0 saturated carbocycles. The Labute approximate surface area is 101 Å². The van der Waals surface area contributed by atoms with Crippen molar-refractivity contribution in [1.82, 2.24) is 5.06 Å². The first-order chi connectivity index (χ1) is 8.18. The number of hydrogen-bond donors (Lipinski definition) is 0. The Hall–Kier alpha value is -1.55. The Morgan fingerprint density at radius 2 is 2.12 bits per heavy atom. The van der Waals surface area contributed by atoms with E-state index in [0.717, 1.165) is 12.0 Å². The highest BCUT2D eigenvalue weighted by atomic mass is 16.7. The smallest absolute Gasteiger partial charge is 0.434 e. The Kier molecular flexibility index (Phi) is 3.64. The summed E-state index contributed by atoms with van der Waals surface area (Å²) in [4.78, 5) is 17.2. The quantitative estimate of drug-likeness (QED) is 0.791. The van der Waals surface area contributed by atoms with Crippen LogP contribution in [0.3, 0.4) is 0 Å². The van der Waals surface area contributed by atoms with Gasteiger partial charge in [0.2, 0.25) is 0 Å². The van der Waals surface area contributed by atoms with Crippen LogP contribution in [-0.2, 0) is 9.57 Å². The second kappa shape index (κ2) is 5.19. The largest absolute Gasteiger partial charge is 0.445 e. The number of carbonyl (C=O) groups excluding carboxylic acids is 1. The maximum absolute atomic E-state index is 11.8. The summed E-state index contributed by atoms with van der Waals surface area (Å²) in [6, 6.07) is 9.82. The summed E-state index contributed by atoms with van der Waals surface area (Å²) in [5.74, 6) is 0. The minimum atomic E-state index is -0.411. The molecule has 0 bridgehead atoms. The van der Waals surface area contributed by atoms with Crippen LogP contribution in [0, 0.1) is 0 Å². The van der Waals surface area contributed by atoms with E-state index in [1.54, 1.807) is 0 Å². The zero-order chi connectivity index (χ0) is 12.3. The second-order valence-corrected chi connectivity index (χ2v) is 4.31. The van der Waals surface area contributed by atoms with Crippen molar-refractivity contribution >= 4 is 6.09 Å². The molecule has 0 aliphatic carbocycles. The summed E-state index contributed by atoms with van der Waals surface area (Å²) in [5.41, 5.74) is 1.07. The molecule has 1 atom stereocenters. The van der Waals surface area contributed by atoms with Crippen molar-refractivity contribution in [3.63, 3.8) is 0 Å². The lowest BCUT2D eigenvalue weighted by atomic mass is 10.1. The molecule has 0 aromatic heterocycles. The van der Waals surface area contributed by atoms with E-state index in [9.17, 15) is 4.79 Å². The number of carbonyl (C=O) groups is 1. The number of hydrogen-bond acceptors (Lipinski definition) is 3. The van der Waals surface area contributed by atoms with Crippen molar-refractivity contribution in [3.05, 3.63) is 35.9 Å². The molecule has 4 nitrogen and oxygen atoms in total. The van der Waals surface area contributed by atoms with Crippen LogP contribution >= 0.6 is 0 Å². The van der Waals surface area contributed by atoms with Crippen molar-refractivity contribution < 1.29 is 14.4 Å². The van der Waals surface area contributed by atoms with E-state index in [1.165, 1.54) is 5.06 Å².